The van der Waals surface area contributed by atoms with Gasteiger partial charge in [0.15, 0.2) is 0 Å². The number of hydrogen-bond donors (Lipinski definition) is 0. The molecular formula is C17H19BrFN5O3. The predicted molar refractivity (Wildman–Crippen MR) is 99.5 cm³/mol. The Labute approximate surface area is 163 Å². The van der Waals surface area contributed by atoms with Crippen LogP contribution in [0.2, 0.25) is 0 Å². The molecule has 10 heteroatoms. The summed E-state index contributed by atoms with van der Waals surface area (Å²) in [7, 11) is 0. The van der Waals surface area contributed by atoms with Crippen LogP contribution >= 0.6 is 15.9 Å². The lowest BCUT2D eigenvalue weighted by Crippen LogP contribution is -2.48. The normalized spacial score (nSPS) is 15.1. The molecule has 1 aliphatic heterocycles. The molecule has 8 nitrogen and oxygen atoms in total. The number of piperazine rings is 1. The molecule has 2 aromatic rings. The first-order valence-electron chi connectivity index (χ1n) is 8.54. The maximum atomic E-state index is 13.0. The smallest absolute Gasteiger partial charge is 0.358 e. The van der Waals surface area contributed by atoms with E-state index in [-0.39, 0.29) is 24.0 Å². The minimum atomic E-state index is -0.567. The number of hydrogen-bond acceptors (Lipinski definition) is 5. The molecule has 0 radical (unpaired) electrons. The molecule has 1 aromatic heterocycles. The van der Waals surface area contributed by atoms with Gasteiger partial charge in [0, 0.05) is 39.1 Å². The van der Waals surface area contributed by atoms with Crippen molar-refractivity contribution in [2.75, 3.05) is 26.2 Å². The van der Waals surface area contributed by atoms with Crippen LogP contribution in [0, 0.1) is 15.9 Å². The maximum Gasteiger partial charge on any atom is 0.404 e. The first-order valence-corrected chi connectivity index (χ1v) is 9.33. The number of nitrogens with zero attached hydrogens (tertiary/aromatic N) is 5. The molecule has 0 unspecified atom stereocenters. The monoisotopic (exact) mass is 439 g/mol. The highest BCUT2D eigenvalue weighted by Crippen LogP contribution is 2.22. The van der Waals surface area contributed by atoms with E-state index in [0.29, 0.717) is 24.1 Å². The third-order valence-corrected chi connectivity index (χ3v) is 5.03. The van der Waals surface area contributed by atoms with E-state index >= 15 is 0 Å². The van der Waals surface area contributed by atoms with E-state index in [0.717, 1.165) is 25.2 Å². The number of aryl methyl sites for hydroxylation is 1. The van der Waals surface area contributed by atoms with Gasteiger partial charge in [-0.25, -0.2) is 4.39 Å². The van der Waals surface area contributed by atoms with Crippen molar-refractivity contribution in [2.24, 2.45) is 0 Å². The lowest BCUT2D eigenvalue weighted by atomic mass is 10.2. The van der Waals surface area contributed by atoms with Gasteiger partial charge in [-0.15, -0.1) is 0 Å². The van der Waals surface area contributed by atoms with Crippen molar-refractivity contribution in [3.05, 3.63) is 56.4 Å². The number of aromatic nitrogens is 2. The van der Waals surface area contributed by atoms with E-state index in [1.54, 1.807) is 17.0 Å². The molecule has 1 aromatic carbocycles. The van der Waals surface area contributed by atoms with Crippen molar-refractivity contribution in [1.82, 2.24) is 19.6 Å². The number of benzene rings is 1. The zero-order valence-corrected chi connectivity index (χ0v) is 16.1. The molecule has 1 saturated heterocycles. The second-order valence-electron chi connectivity index (χ2n) is 6.35. The minimum absolute atomic E-state index is 0.00528. The van der Waals surface area contributed by atoms with Crippen LogP contribution in [0.3, 0.4) is 0 Å². The Kier molecular flexibility index (Phi) is 6.17. The van der Waals surface area contributed by atoms with Crippen molar-refractivity contribution >= 4 is 27.7 Å². The first-order chi connectivity index (χ1) is 12.9. The van der Waals surface area contributed by atoms with Gasteiger partial charge in [0.2, 0.25) is 5.91 Å². The molecule has 1 fully saturated rings. The largest absolute Gasteiger partial charge is 0.404 e. The van der Waals surface area contributed by atoms with E-state index < -0.39 is 4.92 Å². The van der Waals surface area contributed by atoms with Crippen molar-refractivity contribution in [2.45, 2.75) is 19.5 Å². The molecule has 144 valence electrons. The minimum Gasteiger partial charge on any atom is -0.358 e. The number of halogens is 2. The van der Waals surface area contributed by atoms with Gasteiger partial charge in [-0.05, 0) is 38.5 Å². The third-order valence-electron chi connectivity index (χ3n) is 4.47. The van der Waals surface area contributed by atoms with E-state index in [9.17, 15) is 19.3 Å². The molecule has 27 heavy (non-hydrogen) atoms. The average molecular weight is 440 g/mol. The highest BCUT2D eigenvalue weighted by Gasteiger charge is 2.23. The Hall–Kier alpha value is -2.33. The molecule has 0 N–H and O–H groups in total. The summed E-state index contributed by atoms with van der Waals surface area (Å²) < 4.78 is 14.7. The second-order valence-corrected chi connectivity index (χ2v) is 7.21. The summed E-state index contributed by atoms with van der Waals surface area (Å²) in [6.07, 6.45) is 1.75. The predicted octanol–water partition coefficient (Wildman–Crippen LogP) is 2.43. The summed E-state index contributed by atoms with van der Waals surface area (Å²) in [4.78, 5) is 26.6. The van der Waals surface area contributed by atoms with Crippen LogP contribution in [-0.2, 0) is 17.9 Å². The molecule has 2 heterocycles. The molecule has 0 saturated carbocycles. The van der Waals surface area contributed by atoms with Crippen molar-refractivity contribution in [1.29, 1.82) is 0 Å². The van der Waals surface area contributed by atoms with E-state index in [1.165, 1.54) is 23.0 Å². The first kappa shape index (κ1) is 19.4. The summed E-state index contributed by atoms with van der Waals surface area (Å²) in [6, 6.07) is 6.45. The number of carbonyl (C=O) groups excluding carboxylic acids is 1. The number of nitro groups is 1. The van der Waals surface area contributed by atoms with Crippen LogP contribution in [0.25, 0.3) is 0 Å². The molecule has 1 aliphatic rings. The molecular weight excluding hydrogens is 421 g/mol. The third kappa shape index (κ3) is 5.10. The lowest BCUT2D eigenvalue weighted by Gasteiger charge is -2.34. The highest BCUT2D eigenvalue weighted by molar-refractivity contribution is 9.10. The van der Waals surface area contributed by atoms with Crippen LogP contribution in [0.5, 0.6) is 0 Å². The van der Waals surface area contributed by atoms with E-state index in [1.807, 2.05) is 0 Å². The van der Waals surface area contributed by atoms with Crippen molar-refractivity contribution < 1.29 is 14.1 Å². The van der Waals surface area contributed by atoms with E-state index in [4.69, 9.17) is 0 Å². The summed E-state index contributed by atoms with van der Waals surface area (Å²) in [6.45, 7) is 3.78. The van der Waals surface area contributed by atoms with Gasteiger partial charge in [-0.1, -0.05) is 12.1 Å². The number of amides is 1. The molecule has 0 atom stereocenters. The van der Waals surface area contributed by atoms with Gasteiger partial charge in [0.05, 0.1) is 17.8 Å². The summed E-state index contributed by atoms with van der Waals surface area (Å²) in [5.74, 6) is -0.494. The van der Waals surface area contributed by atoms with Crippen LogP contribution < -0.4 is 0 Å². The SMILES string of the molecule is O=C(CCn1cc(Br)c([N+](=O)[O-])n1)N1CCN(Cc2ccc(F)cc2)CC1. The Balaban J connectivity index is 1.45. The molecule has 0 spiro atoms. The standard InChI is InChI=1S/C17H19BrFN5O3/c18-15-12-23(20-17(15)24(26)27)6-5-16(25)22-9-7-21(8-10-22)11-13-1-3-14(19)4-2-13/h1-4,12H,5-11H2. The fourth-order valence-corrected chi connectivity index (χ4v) is 3.46. The molecule has 1 amide bonds. The van der Waals surface area contributed by atoms with Gasteiger partial charge in [-0.3, -0.25) is 9.69 Å². The molecule has 0 aliphatic carbocycles. The van der Waals surface area contributed by atoms with Crippen LogP contribution in [0.4, 0.5) is 10.2 Å². The van der Waals surface area contributed by atoms with Crippen LogP contribution in [0.15, 0.2) is 34.9 Å². The zero-order valence-electron chi connectivity index (χ0n) is 14.6. The highest BCUT2D eigenvalue weighted by atomic mass is 79.9. The quantitative estimate of drug-likeness (QED) is 0.509. The topological polar surface area (TPSA) is 84.5 Å². The fraction of sp³-hybridized carbons (Fsp3) is 0.412. The zero-order chi connectivity index (χ0) is 19.4. The number of rotatable bonds is 6. The number of carbonyl (C=O) groups is 1. The van der Waals surface area contributed by atoms with Crippen LogP contribution in [0.1, 0.15) is 12.0 Å². The Morgan fingerprint density at radius 1 is 1.22 bits per heavy atom. The summed E-state index contributed by atoms with van der Waals surface area (Å²) in [5, 5.41) is 14.7. The van der Waals surface area contributed by atoms with Gasteiger partial charge >= 0.3 is 5.82 Å². The lowest BCUT2D eigenvalue weighted by molar-refractivity contribution is -0.390. The Bertz CT molecular complexity index is 818. The van der Waals surface area contributed by atoms with Crippen molar-refractivity contribution in [3.63, 3.8) is 0 Å². The van der Waals surface area contributed by atoms with Gasteiger partial charge in [0.1, 0.15) is 10.3 Å². The Morgan fingerprint density at radius 2 is 1.89 bits per heavy atom. The summed E-state index contributed by atoms with van der Waals surface area (Å²) in [5.41, 5.74) is 1.04. The van der Waals surface area contributed by atoms with Crippen LogP contribution in [-0.4, -0.2) is 56.6 Å². The second kappa shape index (κ2) is 8.57. The van der Waals surface area contributed by atoms with Gasteiger partial charge < -0.3 is 15.0 Å². The average Bonchev–Trinajstić information content (AvgIpc) is 3.03. The van der Waals surface area contributed by atoms with Gasteiger partial charge in [-0.2, -0.15) is 4.68 Å². The maximum absolute atomic E-state index is 13.0. The van der Waals surface area contributed by atoms with Gasteiger partial charge in [0.25, 0.3) is 0 Å². The fourth-order valence-electron chi connectivity index (χ4n) is 3.00. The Morgan fingerprint density at radius 3 is 2.48 bits per heavy atom. The molecule has 0 bridgehead atoms. The molecule has 3 rings (SSSR count). The van der Waals surface area contributed by atoms with E-state index in [2.05, 4.69) is 25.9 Å². The van der Waals surface area contributed by atoms with Crippen molar-refractivity contribution in [3.8, 4) is 0 Å². The summed E-state index contributed by atoms with van der Waals surface area (Å²) >= 11 is 3.09.